The van der Waals surface area contributed by atoms with Crippen molar-refractivity contribution in [2.75, 3.05) is 5.75 Å². The van der Waals surface area contributed by atoms with Crippen LogP contribution in [-0.2, 0) is 12.8 Å². The number of ketones is 1. The van der Waals surface area contributed by atoms with Crippen LogP contribution in [0.2, 0.25) is 0 Å². The van der Waals surface area contributed by atoms with E-state index in [9.17, 15) is 14.4 Å². The molecule has 140 valence electrons. The molecule has 0 amide bonds. The lowest BCUT2D eigenvalue weighted by Gasteiger charge is -2.20. The van der Waals surface area contributed by atoms with Crippen LogP contribution in [0.15, 0.2) is 52.1 Å². The number of thioether (sulfide) groups is 1. The lowest BCUT2D eigenvalue weighted by molar-refractivity contribution is 0.102. The van der Waals surface area contributed by atoms with Crippen molar-refractivity contribution in [1.82, 2.24) is 4.98 Å². The maximum Gasteiger partial charge on any atom is 0.173 e. The topological polar surface area (TPSA) is 66.9 Å². The van der Waals surface area contributed by atoms with E-state index >= 15 is 0 Å². The van der Waals surface area contributed by atoms with E-state index in [1.54, 1.807) is 12.3 Å². The Hall–Kier alpha value is -2.91. The quantitative estimate of drug-likeness (QED) is 0.441. The smallest absolute Gasteiger partial charge is 0.173 e. The maximum absolute atomic E-state index is 13.1. The number of Topliss-reactive ketones (excluding diaryl/α,β-unsaturated/α-hetero) is 1. The van der Waals surface area contributed by atoms with Gasteiger partial charge in [-0.25, -0.2) is 9.37 Å². The highest BCUT2D eigenvalue weighted by Gasteiger charge is 2.25. The third kappa shape index (κ3) is 3.58. The molecule has 0 bridgehead atoms. The van der Waals surface area contributed by atoms with Crippen molar-refractivity contribution in [3.05, 3.63) is 70.9 Å². The van der Waals surface area contributed by atoms with Gasteiger partial charge in [-0.05, 0) is 67.6 Å². The van der Waals surface area contributed by atoms with Crippen molar-refractivity contribution in [2.45, 2.75) is 30.7 Å². The van der Waals surface area contributed by atoms with Gasteiger partial charge in [-0.2, -0.15) is 5.26 Å². The summed E-state index contributed by atoms with van der Waals surface area (Å²) < 4.78 is 18.7. The molecule has 6 heteroatoms. The van der Waals surface area contributed by atoms with Gasteiger partial charge in [0.25, 0.3) is 0 Å². The number of hydrogen-bond donors (Lipinski definition) is 0. The van der Waals surface area contributed by atoms with Gasteiger partial charge in [0.15, 0.2) is 5.78 Å². The number of carbonyl (C=O) groups is 1. The summed E-state index contributed by atoms with van der Waals surface area (Å²) in [5, 5.41) is 10.4. The Morgan fingerprint density at radius 2 is 2.00 bits per heavy atom. The zero-order valence-corrected chi connectivity index (χ0v) is 15.9. The second-order valence-corrected chi connectivity index (χ2v) is 7.57. The van der Waals surface area contributed by atoms with E-state index in [1.165, 1.54) is 36.0 Å². The molecule has 0 atom stereocenters. The predicted octanol–water partition coefficient (Wildman–Crippen LogP) is 5.21. The van der Waals surface area contributed by atoms with E-state index in [4.69, 9.17) is 9.40 Å². The molecule has 1 aliphatic carbocycles. The van der Waals surface area contributed by atoms with E-state index in [1.807, 2.05) is 6.07 Å². The van der Waals surface area contributed by atoms with Gasteiger partial charge in [0.1, 0.15) is 22.7 Å². The Labute approximate surface area is 166 Å². The lowest BCUT2D eigenvalue weighted by Crippen LogP contribution is -2.11. The third-order valence-electron chi connectivity index (χ3n) is 4.83. The fourth-order valence-electron chi connectivity index (χ4n) is 3.47. The summed E-state index contributed by atoms with van der Waals surface area (Å²) in [6, 6.07) is 11.4. The normalized spacial score (nSPS) is 13.0. The number of aryl methyl sites for hydroxylation is 1. The molecule has 3 aromatic rings. The van der Waals surface area contributed by atoms with E-state index in [-0.39, 0.29) is 17.4 Å². The summed E-state index contributed by atoms with van der Waals surface area (Å²) in [6.07, 6.45) is 5.43. The molecular weight excluding hydrogens is 375 g/mol. The molecule has 0 N–H and O–H groups in total. The van der Waals surface area contributed by atoms with Crippen LogP contribution in [0.5, 0.6) is 0 Å². The number of nitrogens with zero attached hydrogens (tertiary/aromatic N) is 2. The average Bonchev–Trinajstić information content (AvgIpc) is 3.25. The van der Waals surface area contributed by atoms with Crippen LogP contribution in [0.3, 0.4) is 0 Å². The minimum absolute atomic E-state index is 0.129. The zero-order chi connectivity index (χ0) is 19.5. The third-order valence-corrected chi connectivity index (χ3v) is 5.80. The number of fused-ring (bicyclic) bond motifs is 1. The first-order valence-electron chi connectivity index (χ1n) is 9.08. The summed E-state index contributed by atoms with van der Waals surface area (Å²) in [6.45, 7) is 0. The second-order valence-electron chi connectivity index (χ2n) is 6.61. The van der Waals surface area contributed by atoms with Crippen LogP contribution in [0.1, 0.15) is 40.0 Å². The summed E-state index contributed by atoms with van der Waals surface area (Å²) >= 11 is 1.24. The molecule has 28 heavy (non-hydrogen) atoms. The van der Waals surface area contributed by atoms with Crippen molar-refractivity contribution >= 4 is 17.5 Å². The van der Waals surface area contributed by atoms with Gasteiger partial charge in [0.2, 0.25) is 0 Å². The molecule has 1 aromatic carbocycles. The minimum Gasteiger partial charge on any atom is -0.464 e. The molecule has 4 rings (SSSR count). The number of furan rings is 1. The van der Waals surface area contributed by atoms with Crippen molar-refractivity contribution < 1.29 is 13.6 Å². The molecule has 0 unspecified atom stereocenters. The summed E-state index contributed by atoms with van der Waals surface area (Å²) in [5.41, 5.74) is 3.75. The summed E-state index contributed by atoms with van der Waals surface area (Å²) in [7, 11) is 0. The fourth-order valence-corrected chi connectivity index (χ4v) is 4.37. The van der Waals surface area contributed by atoms with Gasteiger partial charge in [-0.3, -0.25) is 4.79 Å². The number of nitriles is 1. The summed E-state index contributed by atoms with van der Waals surface area (Å²) in [5.74, 6) is 0.274. The molecular formula is C22H17FN2O2S. The van der Waals surface area contributed by atoms with E-state index in [0.29, 0.717) is 21.9 Å². The number of halogens is 1. The van der Waals surface area contributed by atoms with Crippen LogP contribution in [0.25, 0.3) is 11.3 Å². The molecule has 0 fully saturated rings. The molecule has 0 aliphatic heterocycles. The molecule has 0 saturated heterocycles. The SMILES string of the molecule is N#Cc1c(SCC(=O)c2ccc(F)cc2)nc2c(c1-c1ccco1)CCCC2. The predicted molar refractivity (Wildman–Crippen MR) is 105 cm³/mol. The Morgan fingerprint density at radius 3 is 2.71 bits per heavy atom. The highest BCUT2D eigenvalue weighted by atomic mass is 32.2. The Morgan fingerprint density at radius 1 is 1.21 bits per heavy atom. The first-order valence-corrected chi connectivity index (χ1v) is 10.1. The van der Waals surface area contributed by atoms with Gasteiger partial charge in [-0.15, -0.1) is 0 Å². The van der Waals surface area contributed by atoms with Gasteiger partial charge < -0.3 is 4.42 Å². The largest absolute Gasteiger partial charge is 0.464 e. The number of rotatable bonds is 5. The highest BCUT2D eigenvalue weighted by Crippen LogP contribution is 2.38. The molecule has 0 spiro atoms. The number of aromatic nitrogens is 1. The Bertz CT molecular complexity index is 1050. The number of carbonyl (C=O) groups excluding carboxylic acids is 1. The molecule has 2 aromatic heterocycles. The molecule has 0 saturated carbocycles. The molecule has 1 aliphatic rings. The van der Waals surface area contributed by atoms with Crippen molar-refractivity contribution in [2.24, 2.45) is 0 Å². The Balaban J connectivity index is 1.69. The molecule has 4 nitrogen and oxygen atoms in total. The average molecular weight is 392 g/mol. The summed E-state index contributed by atoms with van der Waals surface area (Å²) in [4.78, 5) is 17.2. The van der Waals surface area contributed by atoms with Gasteiger partial charge in [-0.1, -0.05) is 11.8 Å². The number of hydrogen-bond acceptors (Lipinski definition) is 5. The lowest BCUT2D eigenvalue weighted by atomic mass is 9.89. The van der Waals surface area contributed by atoms with Gasteiger partial charge in [0, 0.05) is 16.8 Å². The highest BCUT2D eigenvalue weighted by molar-refractivity contribution is 8.00. The standard InChI is InChI=1S/C22H17FN2O2S/c23-15-9-7-14(8-10-15)19(26)13-28-22-17(12-24)21(20-6-3-11-27-20)16-4-1-2-5-18(16)25-22/h3,6-11H,1-2,4-5,13H2. The number of pyridine rings is 1. The maximum atomic E-state index is 13.1. The van der Waals surface area contributed by atoms with Crippen molar-refractivity contribution in [1.29, 1.82) is 5.26 Å². The first-order chi connectivity index (χ1) is 13.7. The zero-order valence-electron chi connectivity index (χ0n) is 15.1. The van der Waals surface area contributed by atoms with Gasteiger partial charge in [0.05, 0.1) is 17.6 Å². The van der Waals surface area contributed by atoms with Crippen LogP contribution in [0.4, 0.5) is 4.39 Å². The second kappa shape index (κ2) is 7.99. The van der Waals surface area contributed by atoms with E-state index < -0.39 is 0 Å². The first kappa shape index (κ1) is 18.5. The Kier molecular flexibility index (Phi) is 5.27. The van der Waals surface area contributed by atoms with Gasteiger partial charge >= 0.3 is 0 Å². The monoisotopic (exact) mass is 392 g/mol. The number of benzene rings is 1. The minimum atomic E-state index is -0.379. The van der Waals surface area contributed by atoms with Crippen molar-refractivity contribution in [3.8, 4) is 17.4 Å². The molecule has 2 heterocycles. The molecule has 0 radical (unpaired) electrons. The van der Waals surface area contributed by atoms with E-state index in [0.717, 1.165) is 42.5 Å². The van der Waals surface area contributed by atoms with E-state index in [2.05, 4.69) is 6.07 Å². The van der Waals surface area contributed by atoms with Crippen LogP contribution in [0, 0.1) is 17.1 Å². The van der Waals surface area contributed by atoms with Crippen LogP contribution < -0.4 is 0 Å². The van der Waals surface area contributed by atoms with Crippen LogP contribution in [-0.4, -0.2) is 16.5 Å². The van der Waals surface area contributed by atoms with Crippen molar-refractivity contribution in [3.63, 3.8) is 0 Å². The van der Waals surface area contributed by atoms with Crippen LogP contribution >= 0.6 is 11.8 Å². The fraction of sp³-hybridized carbons (Fsp3) is 0.227.